The minimum absolute atomic E-state index is 0.112. The first-order chi connectivity index (χ1) is 17.1. The van der Waals surface area contributed by atoms with E-state index in [1.54, 1.807) is 28.7 Å². The molecule has 1 aromatic rings. The van der Waals surface area contributed by atoms with Crippen LogP contribution >= 0.6 is 23.3 Å². The zero-order valence-corrected chi connectivity index (χ0v) is 28.9. The van der Waals surface area contributed by atoms with Gasteiger partial charge in [-0.3, -0.25) is 0 Å². The normalized spacial score (nSPS) is 19.0. The first kappa shape index (κ1) is 35.5. The Morgan fingerprint density at radius 1 is 1.14 bits per heavy atom. The summed E-state index contributed by atoms with van der Waals surface area (Å²) in [5.41, 5.74) is 7.65. The minimum atomic E-state index is 0.112. The Labute approximate surface area is 241 Å². The van der Waals surface area contributed by atoms with Crippen molar-refractivity contribution in [1.82, 2.24) is 9.71 Å². The van der Waals surface area contributed by atoms with E-state index in [4.69, 9.17) is 4.98 Å². The molecule has 1 aromatic heterocycles. The number of aromatic nitrogens is 1. The monoisotopic (exact) mass is 599 g/mol. The number of hydrogen-bond donors (Lipinski definition) is 1. The van der Waals surface area contributed by atoms with Gasteiger partial charge in [0.15, 0.2) is 0 Å². The van der Waals surface area contributed by atoms with Gasteiger partial charge in [0.25, 0.3) is 0 Å². The molecule has 0 bridgehead atoms. The van der Waals surface area contributed by atoms with Crippen molar-refractivity contribution in [2.45, 2.75) is 131 Å². The van der Waals surface area contributed by atoms with Gasteiger partial charge >= 0.3 is 21.8 Å². The fourth-order valence-corrected chi connectivity index (χ4v) is 6.75. The first-order valence-corrected chi connectivity index (χ1v) is 17.5. The third kappa shape index (κ3) is 10.0. The molecule has 0 saturated heterocycles. The standard InChI is InChI=1S/C26H40N2S2.2C2H6.CH3Se/c1-9-11-18-13-20(16(3)4)22-15-19(12-17(5)21(22)14-18)28-30-24-23(10-2)27-25(29-24)26(6,7)8;3*1-2/h12-13,16-17,21,28H,9-11,14-15H2,1-8H3;2*1-2H3;1H3. The van der Waals surface area contributed by atoms with Gasteiger partial charge in [-0.05, 0) is 54.5 Å². The van der Waals surface area contributed by atoms with E-state index in [0.29, 0.717) is 17.8 Å². The van der Waals surface area contributed by atoms with Crippen LogP contribution in [0.4, 0.5) is 0 Å². The number of thiazole rings is 1. The van der Waals surface area contributed by atoms with Crippen LogP contribution in [0.15, 0.2) is 38.8 Å². The van der Waals surface area contributed by atoms with E-state index in [1.807, 2.05) is 44.9 Å². The van der Waals surface area contributed by atoms with Crippen LogP contribution in [0.3, 0.4) is 0 Å². The molecule has 2 atom stereocenters. The molecule has 0 aromatic carbocycles. The van der Waals surface area contributed by atoms with Crippen molar-refractivity contribution in [1.29, 1.82) is 0 Å². The van der Waals surface area contributed by atoms with Gasteiger partial charge in [0, 0.05) is 17.5 Å². The molecule has 0 amide bonds. The number of nitrogens with one attached hydrogen (secondary N) is 1. The number of hydrogen-bond acceptors (Lipinski definition) is 4. The van der Waals surface area contributed by atoms with E-state index in [1.165, 1.54) is 39.9 Å². The predicted molar refractivity (Wildman–Crippen MR) is 168 cm³/mol. The molecule has 2 nitrogen and oxygen atoms in total. The Balaban J connectivity index is 0.00000190. The Morgan fingerprint density at radius 3 is 2.25 bits per heavy atom. The molecule has 0 saturated carbocycles. The topological polar surface area (TPSA) is 24.9 Å². The van der Waals surface area contributed by atoms with Crippen molar-refractivity contribution in [2.75, 3.05) is 0 Å². The molecule has 2 unspecified atom stereocenters. The SMILES string of the molecule is CC.CC.CCCC1=CC(C(C)C)=C2CC(NSc3sc(C(C)(C)C)nc3CC)=CC(C)C2C1.C[Se]. The summed E-state index contributed by atoms with van der Waals surface area (Å²) in [7, 11) is 0. The van der Waals surface area contributed by atoms with Crippen molar-refractivity contribution < 1.29 is 0 Å². The summed E-state index contributed by atoms with van der Waals surface area (Å²) in [5, 5.41) is 1.24. The Bertz CT molecular complexity index is 856. The fraction of sp³-hybridized carbons (Fsp3) is 0.710. The predicted octanol–water partition coefficient (Wildman–Crippen LogP) is 10.5. The van der Waals surface area contributed by atoms with E-state index in [-0.39, 0.29) is 5.41 Å². The van der Waals surface area contributed by atoms with Gasteiger partial charge in [0.1, 0.15) is 4.21 Å². The van der Waals surface area contributed by atoms with Crippen molar-refractivity contribution >= 4 is 39.3 Å². The summed E-state index contributed by atoms with van der Waals surface area (Å²) in [6.45, 7) is 26.4. The van der Waals surface area contributed by atoms with Crippen LogP contribution in [0.5, 0.6) is 0 Å². The first-order valence-electron chi connectivity index (χ1n) is 14.1. The summed E-state index contributed by atoms with van der Waals surface area (Å²) in [6, 6.07) is 0. The van der Waals surface area contributed by atoms with Crippen molar-refractivity contribution in [2.24, 2.45) is 17.8 Å². The van der Waals surface area contributed by atoms with Gasteiger partial charge in [0.05, 0.1) is 10.7 Å². The van der Waals surface area contributed by atoms with E-state index < -0.39 is 0 Å². The molecule has 36 heavy (non-hydrogen) atoms. The second-order valence-electron chi connectivity index (χ2n) is 10.3. The maximum atomic E-state index is 4.93. The number of nitrogens with zero attached hydrogens (tertiary/aromatic N) is 1. The molecule has 1 N–H and O–H groups in total. The van der Waals surface area contributed by atoms with Gasteiger partial charge in [-0.1, -0.05) is 113 Å². The third-order valence-electron chi connectivity index (χ3n) is 6.25. The molecule has 0 fully saturated rings. The number of fused-ring (bicyclic) bond motifs is 1. The molecule has 1 heterocycles. The molecule has 1 radical (unpaired) electrons. The molecule has 2 aliphatic carbocycles. The molecule has 5 heteroatoms. The average molecular weight is 599 g/mol. The van der Waals surface area contributed by atoms with E-state index in [2.05, 4.69) is 88.3 Å². The molecular weight excluding hydrogens is 543 g/mol. The number of allylic oxidation sites excluding steroid dienone is 5. The van der Waals surface area contributed by atoms with Crippen molar-refractivity contribution in [3.05, 3.63) is 45.3 Å². The van der Waals surface area contributed by atoms with Crippen LogP contribution in [0.1, 0.15) is 119 Å². The summed E-state index contributed by atoms with van der Waals surface area (Å²) in [4.78, 5) is 4.93. The summed E-state index contributed by atoms with van der Waals surface area (Å²) in [5.74, 6) is 3.74. The Hall–Kier alpha value is -0.481. The van der Waals surface area contributed by atoms with Crippen molar-refractivity contribution in [3.63, 3.8) is 0 Å². The van der Waals surface area contributed by atoms with Gasteiger partial charge in [-0.25, -0.2) is 4.98 Å². The van der Waals surface area contributed by atoms with Crippen LogP contribution in [0, 0.1) is 17.8 Å². The molecular formula is C31H55N2S2Se. The van der Waals surface area contributed by atoms with Gasteiger partial charge in [-0.2, -0.15) is 0 Å². The van der Waals surface area contributed by atoms with Gasteiger partial charge in [-0.15, -0.1) is 11.3 Å². The van der Waals surface area contributed by atoms with Crippen molar-refractivity contribution in [3.8, 4) is 0 Å². The quantitative estimate of drug-likeness (QED) is 0.250. The maximum absolute atomic E-state index is 4.93. The fourth-order valence-electron chi connectivity index (χ4n) is 4.60. The van der Waals surface area contributed by atoms with Gasteiger partial charge < -0.3 is 4.72 Å². The number of rotatable bonds is 7. The van der Waals surface area contributed by atoms with Crippen LogP contribution in [-0.2, 0) is 11.8 Å². The Kier molecular flexibility index (Phi) is 17.7. The van der Waals surface area contributed by atoms with E-state index >= 15 is 0 Å². The molecule has 207 valence electrons. The van der Waals surface area contributed by atoms with Crippen LogP contribution in [0.2, 0.25) is 5.82 Å². The summed E-state index contributed by atoms with van der Waals surface area (Å²) < 4.78 is 5.05. The van der Waals surface area contributed by atoms with E-state index in [0.717, 1.165) is 12.8 Å². The molecule has 2 aliphatic rings. The Morgan fingerprint density at radius 2 is 1.75 bits per heavy atom. The van der Waals surface area contributed by atoms with E-state index in [9.17, 15) is 0 Å². The molecule has 0 spiro atoms. The van der Waals surface area contributed by atoms with Crippen LogP contribution < -0.4 is 4.72 Å². The average Bonchev–Trinajstić information content (AvgIpc) is 3.30. The second kappa shape index (κ2) is 17.9. The van der Waals surface area contributed by atoms with Gasteiger partial charge in [0.2, 0.25) is 0 Å². The molecule has 3 rings (SSSR count). The zero-order valence-electron chi connectivity index (χ0n) is 25.6. The summed E-state index contributed by atoms with van der Waals surface area (Å²) >= 11 is 6.25. The van der Waals surface area contributed by atoms with Crippen LogP contribution in [0.25, 0.3) is 0 Å². The third-order valence-corrected chi connectivity index (χ3v) is 8.85. The second-order valence-corrected chi connectivity index (χ2v) is 12.4. The van der Waals surface area contributed by atoms with Crippen LogP contribution in [-0.4, -0.2) is 21.0 Å². The zero-order chi connectivity index (χ0) is 28.1. The number of aryl methyl sites for hydroxylation is 1. The molecule has 0 aliphatic heterocycles. The summed E-state index contributed by atoms with van der Waals surface area (Å²) in [6.07, 6.45) is 10.8.